The highest BCUT2D eigenvalue weighted by Crippen LogP contribution is 2.23. The monoisotopic (exact) mass is 270 g/mol. The van der Waals surface area contributed by atoms with Crippen LogP contribution in [0.3, 0.4) is 0 Å². The molecule has 0 aromatic carbocycles. The number of amides is 1. The molecule has 100 valence electrons. The van der Waals surface area contributed by atoms with E-state index in [0.29, 0.717) is 12.3 Å². The van der Waals surface area contributed by atoms with Crippen molar-refractivity contribution in [3.63, 3.8) is 0 Å². The van der Waals surface area contributed by atoms with Crippen molar-refractivity contribution in [1.82, 2.24) is 10.3 Å². The van der Waals surface area contributed by atoms with Gasteiger partial charge in [-0.3, -0.25) is 9.78 Å². The van der Waals surface area contributed by atoms with Crippen LogP contribution in [0.1, 0.15) is 37.6 Å². The molecule has 2 N–H and O–H groups in total. The van der Waals surface area contributed by atoms with E-state index in [-0.39, 0.29) is 28.7 Å². The number of alkyl halides is 1. The zero-order valence-corrected chi connectivity index (χ0v) is 11.7. The van der Waals surface area contributed by atoms with Crippen LogP contribution in [0.4, 0.5) is 0 Å². The van der Waals surface area contributed by atoms with Crippen LogP contribution in [-0.4, -0.2) is 27.9 Å². The molecule has 0 bridgehead atoms. The Bertz CT molecular complexity index is 416. The summed E-state index contributed by atoms with van der Waals surface area (Å²) in [7, 11) is 0. The lowest BCUT2D eigenvalue weighted by molar-refractivity contribution is 0.0897. The Hall–Kier alpha value is -1.29. The van der Waals surface area contributed by atoms with Gasteiger partial charge in [0.25, 0.3) is 5.91 Å². The Morgan fingerprint density at radius 3 is 2.72 bits per heavy atom. The summed E-state index contributed by atoms with van der Waals surface area (Å²) in [6, 6.07) is 1.44. The fourth-order valence-electron chi connectivity index (χ4n) is 1.64. The molecule has 0 saturated heterocycles. The summed E-state index contributed by atoms with van der Waals surface area (Å²) in [6.07, 6.45) is 3.41. The average Bonchev–Trinajstić information content (AvgIpc) is 2.27. The molecule has 0 fully saturated rings. The normalized spacial score (nSPS) is 13.1. The van der Waals surface area contributed by atoms with E-state index in [1.807, 2.05) is 20.8 Å². The minimum absolute atomic E-state index is 0.0462. The van der Waals surface area contributed by atoms with Crippen LogP contribution < -0.4 is 5.32 Å². The lowest BCUT2D eigenvalue weighted by Crippen LogP contribution is -2.44. The second-order valence-corrected chi connectivity index (χ2v) is 5.64. The first-order chi connectivity index (χ1) is 8.36. The number of nitrogens with one attached hydrogen (secondary N) is 1. The average molecular weight is 271 g/mol. The number of aromatic nitrogens is 1. The number of carbonyl (C=O) groups excluding carboxylic acids is 1. The molecule has 0 radical (unpaired) electrons. The van der Waals surface area contributed by atoms with E-state index in [4.69, 9.17) is 11.6 Å². The van der Waals surface area contributed by atoms with Gasteiger partial charge in [0.05, 0.1) is 11.8 Å². The van der Waals surface area contributed by atoms with Crippen molar-refractivity contribution in [3.8, 4) is 5.75 Å². The minimum Gasteiger partial charge on any atom is -0.505 e. The predicted molar refractivity (Wildman–Crippen MR) is 71.9 cm³/mol. The van der Waals surface area contributed by atoms with Crippen molar-refractivity contribution in [2.75, 3.05) is 5.88 Å². The summed E-state index contributed by atoms with van der Waals surface area (Å²) in [4.78, 5) is 15.8. The SMILES string of the molecule is CC(C)(C)C(CCCl)NC(=O)c1ccncc1O. The molecule has 1 aromatic rings. The van der Waals surface area contributed by atoms with Gasteiger partial charge in [-0.15, -0.1) is 11.6 Å². The van der Waals surface area contributed by atoms with E-state index in [2.05, 4.69) is 10.3 Å². The summed E-state index contributed by atoms with van der Waals surface area (Å²) >= 11 is 5.75. The van der Waals surface area contributed by atoms with Crippen LogP contribution >= 0.6 is 11.6 Å². The van der Waals surface area contributed by atoms with Gasteiger partial charge in [0.15, 0.2) is 0 Å². The number of nitrogens with zero attached hydrogens (tertiary/aromatic N) is 1. The Morgan fingerprint density at radius 1 is 1.56 bits per heavy atom. The largest absolute Gasteiger partial charge is 0.505 e. The van der Waals surface area contributed by atoms with Crippen molar-refractivity contribution < 1.29 is 9.90 Å². The van der Waals surface area contributed by atoms with Crippen molar-refractivity contribution in [3.05, 3.63) is 24.0 Å². The fraction of sp³-hybridized carbons (Fsp3) is 0.538. The van der Waals surface area contributed by atoms with Gasteiger partial charge < -0.3 is 10.4 Å². The molecule has 5 heteroatoms. The third-order valence-electron chi connectivity index (χ3n) is 2.79. The van der Waals surface area contributed by atoms with E-state index in [9.17, 15) is 9.90 Å². The molecule has 0 aliphatic rings. The molecule has 1 unspecified atom stereocenters. The molecule has 1 heterocycles. The van der Waals surface area contributed by atoms with E-state index in [0.717, 1.165) is 0 Å². The zero-order valence-electron chi connectivity index (χ0n) is 10.9. The van der Waals surface area contributed by atoms with Crippen molar-refractivity contribution in [2.45, 2.75) is 33.2 Å². The van der Waals surface area contributed by atoms with E-state index >= 15 is 0 Å². The van der Waals surface area contributed by atoms with Gasteiger partial charge in [0.1, 0.15) is 5.75 Å². The quantitative estimate of drug-likeness (QED) is 0.827. The molecule has 1 atom stereocenters. The van der Waals surface area contributed by atoms with E-state index in [1.54, 1.807) is 0 Å². The maximum atomic E-state index is 12.1. The van der Waals surface area contributed by atoms with Crippen LogP contribution in [0.2, 0.25) is 0 Å². The van der Waals surface area contributed by atoms with Gasteiger partial charge in [-0.1, -0.05) is 20.8 Å². The fourth-order valence-corrected chi connectivity index (χ4v) is 1.86. The van der Waals surface area contributed by atoms with Gasteiger partial charge >= 0.3 is 0 Å². The number of aromatic hydroxyl groups is 1. The summed E-state index contributed by atoms with van der Waals surface area (Å²) in [5.41, 5.74) is 0.140. The zero-order chi connectivity index (χ0) is 13.8. The third kappa shape index (κ3) is 3.88. The first kappa shape index (κ1) is 14.8. The van der Waals surface area contributed by atoms with Crippen LogP contribution in [0, 0.1) is 5.41 Å². The molecule has 0 aliphatic carbocycles. The second kappa shape index (κ2) is 6.05. The molecule has 1 amide bonds. The molecule has 1 aromatic heterocycles. The topological polar surface area (TPSA) is 62.2 Å². The maximum absolute atomic E-state index is 12.1. The van der Waals surface area contributed by atoms with Crippen LogP contribution in [0.5, 0.6) is 5.75 Å². The number of halogens is 1. The van der Waals surface area contributed by atoms with Crippen molar-refractivity contribution >= 4 is 17.5 Å². The molecule has 0 spiro atoms. The van der Waals surface area contributed by atoms with Gasteiger partial charge in [0, 0.05) is 18.1 Å². The Kier molecular flexibility index (Phi) is 4.96. The smallest absolute Gasteiger partial charge is 0.255 e. The first-order valence-corrected chi connectivity index (χ1v) is 6.39. The Labute approximate surface area is 112 Å². The van der Waals surface area contributed by atoms with Gasteiger partial charge in [0.2, 0.25) is 0 Å². The lowest BCUT2D eigenvalue weighted by atomic mass is 9.85. The molecule has 0 saturated carbocycles. The van der Waals surface area contributed by atoms with E-state index < -0.39 is 0 Å². The molecule has 4 nitrogen and oxygen atoms in total. The number of pyridine rings is 1. The summed E-state index contributed by atoms with van der Waals surface area (Å²) < 4.78 is 0. The lowest BCUT2D eigenvalue weighted by Gasteiger charge is -2.31. The second-order valence-electron chi connectivity index (χ2n) is 5.26. The van der Waals surface area contributed by atoms with E-state index in [1.165, 1.54) is 18.5 Å². The molecule has 1 rings (SSSR count). The Morgan fingerprint density at radius 2 is 2.22 bits per heavy atom. The van der Waals surface area contributed by atoms with Crippen molar-refractivity contribution in [1.29, 1.82) is 0 Å². The van der Waals surface area contributed by atoms with Crippen molar-refractivity contribution in [2.24, 2.45) is 5.41 Å². The third-order valence-corrected chi connectivity index (χ3v) is 3.01. The summed E-state index contributed by atoms with van der Waals surface area (Å²) in [6.45, 7) is 6.12. The highest BCUT2D eigenvalue weighted by atomic mass is 35.5. The van der Waals surface area contributed by atoms with Crippen LogP contribution in [0.25, 0.3) is 0 Å². The van der Waals surface area contributed by atoms with Gasteiger partial charge in [-0.05, 0) is 17.9 Å². The highest BCUT2D eigenvalue weighted by molar-refractivity contribution is 6.17. The summed E-state index contributed by atoms with van der Waals surface area (Å²) in [5.74, 6) is 0.0540. The molecular weight excluding hydrogens is 252 g/mol. The molecule has 18 heavy (non-hydrogen) atoms. The molecular formula is C13H19ClN2O2. The van der Waals surface area contributed by atoms with Gasteiger partial charge in [-0.2, -0.15) is 0 Å². The predicted octanol–water partition coefficient (Wildman–Crippen LogP) is 2.56. The first-order valence-electron chi connectivity index (χ1n) is 5.86. The molecule has 0 aliphatic heterocycles. The van der Waals surface area contributed by atoms with Crippen LogP contribution in [-0.2, 0) is 0 Å². The maximum Gasteiger partial charge on any atom is 0.255 e. The number of hydrogen-bond donors (Lipinski definition) is 2. The van der Waals surface area contributed by atoms with Gasteiger partial charge in [-0.25, -0.2) is 0 Å². The number of hydrogen-bond acceptors (Lipinski definition) is 3. The number of carbonyl (C=O) groups is 1. The highest BCUT2D eigenvalue weighted by Gasteiger charge is 2.26. The van der Waals surface area contributed by atoms with Crippen LogP contribution in [0.15, 0.2) is 18.5 Å². The number of rotatable bonds is 4. The summed E-state index contributed by atoms with van der Waals surface area (Å²) in [5, 5.41) is 12.5. The minimum atomic E-state index is -0.306. The Balaban J connectivity index is 2.82. The standard InChI is InChI=1S/C13H19ClN2O2/c1-13(2,3)11(4-6-14)16-12(18)9-5-7-15-8-10(9)17/h5,7-8,11,17H,4,6H2,1-3H3,(H,16,18).